The lowest BCUT2D eigenvalue weighted by Gasteiger charge is -2.22. The van der Waals surface area contributed by atoms with E-state index in [0.29, 0.717) is 0 Å². The predicted octanol–water partition coefficient (Wildman–Crippen LogP) is -0.609. The number of nitrogens with two attached hydrogens (primary N) is 1. The second-order valence-corrected chi connectivity index (χ2v) is 3.88. The van der Waals surface area contributed by atoms with Gasteiger partial charge in [0.15, 0.2) is 6.10 Å². The van der Waals surface area contributed by atoms with Gasteiger partial charge in [-0.2, -0.15) is 0 Å². The van der Waals surface area contributed by atoms with Crippen LogP contribution in [0.15, 0.2) is 0 Å². The van der Waals surface area contributed by atoms with Crippen LogP contribution < -0.4 is 5.73 Å². The molecule has 0 aromatic heterocycles. The van der Waals surface area contributed by atoms with E-state index < -0.39 is 17.6 Å². The average molecular weight is 187 g/mol. The summed E-state index contributed by atoms with van der Waals surface area (Å²) in [6.07, 6.45) is -1.21. The molecule has 5 heteroatoms. The second kappa shape index (κ2) is 2.67. The van der Waals surface area contributed by atoms with Gasteiger partial charge in [0.1, 0.15) is 19.0 Å². The highest BCUT2D eigenvalue weighted by atomic mass is 16.7. The summed E-state index contributed by atoms with van der Waals surface area (Å²) in [6, 6.07) is 0. The van der Waals surface area contributed by atoms with E-state index in [4.69, 9.17) is 19.9 Å². The molecule has 2 N–H and O–H groups in total. The van der Waals surface area contributed by atoms with Crippen molar-refractivity contribution in [3.63, 3.8) is 0 Å². The van der Waals surface area contributed by atoms with Crippen molar-refractivity contribution in [2.75, 3.05) is 6.79 Å². The SMILES string of the molecule is CC1(C)OC(C(N)=O)C2OCOC21. The number of amides is 1. The molecule has 0 aliphatic carbocycles. The lowest BCUT2D eigenvalue weighted by atomic mass is 9.99. The molecule has 2 rings (SSSR count). The number of rotatable bonds is 1. The van der Waals surface area contributed by atoms with E-state index in [0.717, 1.165) is 0 Å². The molecule has 0 spiro atoms. The fraction of sp³-hybridized carbons (Fsp3) is 0.875. The Labute approximate surface area is 76.1 Å². The second-order valence-electron chi connectivity index (χ2n) is 3.88. The molecule has 2 aliphatic heterocycles. The van der Waals surface area contributed by atoms with Crippen LogP contribution in [0.5, 0.6) is 0 Å². The van der Waals surface area contributed by atoms with E-state index in [1.165, 1.54) is 0 Å². The average Bonchev–Trinajstić information content (AvgIpc) is 2.53. The first-order valence-electron chi connectivity index (χ1n) is 4.23. The lowest BCUT2D eigenvalue weighted by molar-refractivity contribution is -0.145. The van der Waals surface area contributed by atoms with E-state index >= 15 is 0 Å². The zero-order valence-corrected chi connectivity index (χ0v) is 7.65. The highest BCUT2D eigenvalue weighted by Crippen LogP contribution is 2.37. The quantitative estimate of drug-likeness (QED) is 0.594. The number of hydrogen-bond donors (Lipinski definition) is 1. The first kappa shape index (κ1) is 8.93. The standard InChI is InChI=1S/C8H13NO4/c1-8(2)6-4(11-3-12-6)5(13-8)7(9)10/h4-6H,3H2,1-2H3,(H2,9,10). The Morgan fingerprint density at radius 2 is 2.15 bits per heavy atom. The predicted molar refractivity (Wildman–Crippen MR) is 42.8 cm³/mol. The fourth-order valence-electron chi connectivity index (χ4n) is 1.90. The third kappa shape index (κ3) is 1.23. The molecule has 13 heavy (non-hydrogen) atoms. The highest BCUT2D eigenvalue weighted by molar-refractivity contribution is 5.80. The summed E-state index contributed by atoms with van der Waals surface area (Å²) in [6.45, 7) is 3.94. The molecule has 1 amide bonds. The van der Waals surface area contributed by atoms with Gasteiger partial charge >= 0.3 is 0 Å². The first-order chi connectivity index (χ1) is 6.02. The van der Waals surface area contributed by atoms with E-state index in [-0.39, 0.29) is 19.0 Å². The van der Waals surface area contributed by atoms with Crippen LogP contribution in [0.1, 0.15) is 13.8 Å². The molecular formula is C8H13NO4. The van der Waals surface area contributed by atoms with Crippen LogP contribution in [0.3, 0.4) is 0 Å². The summed E-state index contributed by atoms with van der Waals surface area (Å²) in [5, 5.41) is 0. The van der Waals surface area contributed by atoms with Gasteiger partial charge in [-0.3, -0.25) is 4.79 Å². The third-order valence-corrected chi connectivity index (χ3v) is 2.50. The Balaban J connectivity index is 2.23. The Hall–Kier alpha value is -0.650. The summed E-state index contributed by atoms with van der Waals surface area (Å²) in [5.41, 5.74) is 4.68. The minimum atomic E-state index is -0.678. The minimum absolute atomic E-state index is 0.190. The number of hydrogen-bond acceptors (Lipinski definition) is 4. The molecule has 2 fully saturated rings. The van der Waals surface area contributed by atoms with Crippen molar-refractivity contribution in [2.24, 2.45) is 5.73 Å². The molecule has 0 radical (unpaired) electrons. The Morgan fingerprint density at radius 3 is 2.77 bits per heavy atom. The zero-order valence-electron chi connectivity index (χ0n) is 7.65. The summed E-state index contributed by atoms with van der Waals surface area (Å²) in [5.74, 6) is -0.494. The van der Waals surface area contributed by atoms with Gasteiger partial charge in [-0.25, -0.2) is 0 Å². The van der Waals surface area contributed by atoms with E-state index in [1.807, 2.05) is 13.8 Å². The van der Waals surface area contributed by atoms with Crippen molar-refractivity contribution in [3.05, 3.63) is 0 Å². The Bertz CT molecular complexity index is 240. The maximum atomic E-state index is 11.0. The van der Waals surface area contributed by atoms with Gasteiger partial charge in [0.2, 0.25) is 5.91 Å². The molecule has 3 atom stereocenters. The van der Waals surface area contributed by atoms with Gasteiger partial charge in [0.05, 0.1) is 5.60 Å². The van der Waals surface area contributed by atoms with E-state index in [1.54, 1.807) is 0 Å². The van der Waals surface area contributed by atoms with E-state index in [9.17, 15) is 4.79 Å². The van der Waals surface area contributed by atoms with Gasteiger partial charge in [0, 0.05) is 0 Å². The van der Waals surface area contributed by atoms with Crippen LogP contribution in [0.2, 0.25) is 0 Å². The van der Waals surface area contributed by atoms with Crippen molar-refractivity contribution in [3.8, 4) is 0 Å². The van der Waals surface area contributed by atoms with Crippen LogP contribution in [0.4, 0.5) is 0 Å². The maximum Gasteiger partial charge on any atom is 0.249 e. The third-order valence-electron chi connectivity index (χ3n) is 2.50. The topological polar surface area (TPSA) is 70.8 Å². The number of ether oxygens (including phenoxy) is 3. The monoisotopic (exact) mass is 187 g/mol. The van der Waals surface area contributed by atoms with Crippen molar-refractivity contribution in [2.45, 2.75) is 37.8 Å². The van der Waals surface area contributed by atoms with Crippen LogP contribution in [0, 0.1) is 0 Å². The van der Waals surface area contributed by atoms with Crippen molar-refractivity contribution < 1.29 is 19.0 Å². The molecule has 0 saturated carbocycles. The van der Waals surface area contributed by atoms with Crippen molar-refractivity contribution in [1.82, 2.24) is 0 Å². The summed E-state index contributed by atoms with van der Waals surface area (Å²) in [4.78, 5) is 11.0. The molecule has 0 aromatic carbocycles. The highest BCUT2D eigenvalue weighted by Gasteiger charge is 2.56. The van der Waals surface area contributed by atoms with Crippen LogP contribution in [-0.2, 0) is 19.0 Å². The van der Waals surface area contributed by atoms with Gasteiger partial charge in [-0.05, 0) is 13.8 Å². The zero-order chi connectivity index (χ0) is 9.64. The summed E-state index contributed by atoms with van der Waals surface area (Å²) < 4.78 is 16.0. The van der Waals surface area contributed by atoms with Gasteiger partial charge in [-0.15, -0.1) is 0 Å². The first-order valence-corrected chi connectivity index (χ1v) is 4.23. The normalized spacial score (nSPS) is 41.8. The Morgan fingerprint density at radius 1 is 1.46 bits per heavy atom. The molecule has 74 valence electrons. The number of carbonyl (C=O) groups is 1. The molecule has 0 aromatic rings. The van der Waals surface area contributed by atoms with Crippen molar-refractivity contribution >= 4 is 5.91 Å². The molecule has 3 unspecified atom stereocenters. The number of primary amides is 1. The van der Waals surface area contributed by atoms with Crippen LogP contribution in [-0.4, -0.2) is 36.6 Å². The van der Waals surface area contributed by atoms with Crippen LogP contribution >= 0.6 is 0 Å². The molecule has 5 nitrogen and oxygen atoms in total. The molecular weight excluding hydrogens is 174 g/mol. The maximum absolute atomic E-state index is 11.0. The molecule has 0 bridgehead atoms. The number of carbonyl (C=O) groups excluding carboxylic acids is 1. The fourth-order valence-corrected chi connectivity index (χ4v) is 1.90. The number of fused-ring (bicyclic) bond motifs is 1. The smallest absolute Gasteiger partial charge is 0.249 e. The molecule has 2 aliphatic rings. The summed E-state index contributed by atoms with van der Waals surface area (Å²) in [7, 11) is 0. The van der Waals surface area contributed by atoms with Crippen LogP contribution in [0.25, 0.3) is 0 Å². The van der Waals surface area contributed by atoms with Gasteiger partial charge in [0.25, 0.3) is 0 Å². The van der Waals surface area contributed by atoms with Crippen molar-refractivity contribution in [1.29, 1.82) is 0 Å². The lowest BCUT2D eigenvalue weighted by Crippen LogP contribution is -2.38. The van der Waals surface area contributed by atoms with E-state index in [2.05, 4.69) is 0 Å². The Kier molecular flexibility index (Phi) is 1.83. The minimum Gasteiger partial charge on any atom is -0.367 e. The largest absolute Gasteiger partial charge is 0.367 e. The van der Waals surface area contributed by atoms with Gasteiger partial charge in [-0.1, -0.05) is 0 Å². The summed E-state index contributed by atoms with van der Waals surface area (Å²) >= 11 is 0. The molecule has 2 saturated heterocycles. The van der Waals surface area contributed by atoms with Gasteiger partial charge < -0.3 is 19.9 Å². The molecule has 2 heterocycles.